The molecule has 0 unspecified atom stereocenters. The Labute approximate surface area is 152 Å². The maximum atomic E-state index is 13.2. The van der Waals surface area contributed by atoms with Crippen molar-refractivity contribution in [3.8, 4) is 11.4 Å². The highest BCUT2D eigenvalue weighted by Gasteiger charge is 2.17. The van der Waals surface area contributed by atoms with Gasteiger partial charge in [-0.15, -0.1) is 0 Å². The van der Waals surface area contributed by atoms with E-state index in [1.165, 1.54) is 0 Å². The number of piperazine rings is 1. The summed E-state index contributed by atoms with van der Waals surface area (Å²) in [5.74, 6) is 1.47. The molecule has 6 nitrogen and oxygen atoms in total. The Hall–Kier alpha value is -2.70. The molecule has 0 aliphatic carbocycles. The molecule has 1 saturated heterocycles. The lowest BCUT2D eigenvalue weighted by molar-refractivity contribution is 0.226. The molecule has 1 aliphatic rings. The van der Waals surface area contributed by atoms with E-state index in [9.17, 15) is 4.79 Å². The highest BCUT2D eigenvalue weighted by Crippen LogP contribution is 2.19. The van der Waals surface area contributed by atoms with Gasteiger partial charge in [0.1, 0.15) is 11.6 Å². The second kappa shape index (κ2) is 7.27. The quantitative estimate of drug-likeness (QED) is 0.778. The van der Waals surface area contributed by atoms with Crippen LogP contribution in [0.15, 0.2) is 53.3 Å². The van der Waals surface area contributed by atoms with Gasteiger partial charge in [0.05, 0.1) is 30.2 Å². The topological polar surface area (TPSA) is 59.4 Å². The van der Waals surface area contributed by atoms with Crippen molar-refractivity contribution in [2.75, 3.05) is 33.3 Å². The van der Waals surface area contributed by atoms with E-state index >= 15 is 0 Å². The molecule has 0 saturated carbocycles. The highest BCUT2D eigenvalue weighted by atomic mass is 16.5. The maximum absolute atomic E-state index is 13.2. The zero-order valence-corrected chi connectivity index (χ0v) is 14.8. The van der Waals surface area contributed by atoms with Crippen LogP contribution in [0.4, 0.5) is 0 Å². The van der Waals surface area contributed by atoms with Crippen LogP contribution >= 0.6 is 0 Å². The third kappa shape index (κ3) is 3.21. The Morgan fingerprint density at radius 1 is 1.12 bits per heavy atom. The number of methoxy groups -OCH3 is 1. The number of hydrogen-bond donors (Lipinski definition) is 1. The lowest BCUT2D eigenvalue weighted by Gasteiger charge is -2.27. The van der Waals surface area contributed by atoms with Crippen LogP contribution in [0.25, 0.3) is 16.6 Å². The molecule has 1 N–H and O–H groups in total. The molecule has 0 bridgehead atoms. The van der Waals surface area contributed by atoms with Crippen LogP contribution < -0.4 is 15.6 Å². The van der Waals surface area contributed by atoms with Gasteiger partial charge in [-0.3, -0.25) is 14.3 Å². The average Bonchev–Trinajstić information content (AvgIpc) is 2.69. The molecule has 1 aliphatic heterocycles. The molecule has 0 amide bonds. The summed E-state index contributed by atoms with van der Waals surface area (Å²) < 4.78 is 7.05. The standard InChI is InChI=1S/C20H22N4O2/c1-26-16-6-4-5-15(13-16)24-19(14-23-11-9-21-10-12-23)22-18-8-3-2-7-17(18)20(24)25/h2-8,13,21H,9-12,14H2,1H3. The van der Waals surface area contributed by atoms with Gasteiger partial charge in [-0.05, 0) is 24.3 Å². The van der Waals surface area contributed by atoms with Gasteiger partial charge in [-0.25, -0.2) is 4.98 Å². The molecule has 26 heavy (non-hydrogen) atoms. The zero-order chi connectivity index (χ0) is 17.9. The molecule has 6 heteroatoms. The normalized spacial score (nSPS) is 15.3. The predicted octanol–water partition coefficient (Wildman–Crippen LogP) is 1.80. The number of rotatable bonds is 4. The van der Waals surface area contributed by atoms with Crippen LogP contribution in [-0.4, -0.2) is 47.7 Å². The Morgan fingerprint density at radius 3 is 2.73 bits per heavy atom. The van der Waals surface area contributed by atoms with Crippen LogP contribution in [0.2, 0.25) is 0 Å². The van der Waals surface area contributed by atoms with E-state index < -0.39 is 0 Å². The summed E-state index contributed by atoms with van der Waals surface area (Å²) in [6.07, 6.45) is 0. The average molecular weight is 350 g/mol. The minimum atomic E-state index is -0.0472. The minimum absolute atomic E-state index is 0.0472. The van der Waals surface area contributed by atoms with E-state index in [-0.39, 0.29) is 5.56 Å². The first-order chi connectivity index (χ1) is 12.8. The van der Waals surface area contributed by atoms with Crippen LogP contribution in [0.5, 0.6) is 5.75 Å². The summed E-state index contributed by atoms with van der Waals surface area (Å²) >= 11 is 0. The number of ether oxygens (including phenoxy) is 1. The Bertz CT molecular complexity index is 977. The third-order valence-electron chi connectivity index (χ3n) is 4.73. The van der Waals surface area contributed by atoms with Gasteiger partial charge in [0.15, 0.2) is 0 Å². The van der Waals surface area contributed by atoms with Gasteiger partial charge in [0.25, 0.3) is 5.56 Å². The second-order valence-corrected chi connectivity index (χ2v) is 6.41. The van der Waals surface area contributed by atoms with E-state index in [2.05, 4.69) is 10.2 Å². The Balaban J connectivity index is 1.88. The number of nitrogens with zero attached hydrogens (tertiary/aromatic N) is 3. The molecular weight excluding hydrogens is 328 g/mol. The largest absolute Gasteiger partial charge is 0.497 e. The monoisotopic (exact) mass is 350 g/mol. The van der Waals surface area contributed by atoms with Crippen molar-refractivity contribution in [1.82, 2.24) is 19.8 Å². The summed E-state index contributed by atoms with van der Waals surface area (Å²) in [6, 6.07) is 15.1. The van der Waals surface area contributed by atoms with E-state index in [0.29, 0.717) is 11.9 Å². The smallest absolute Gasteiger partial charge is 0.266 e. The van der Waals surface area contributed by atoms with Crippen molar-refractivity contribution in [1.29, 1.82) is 0 Å². The van der Waals surface area contributed by atoms with E-state index in [4.69, 9.17) is 9.72 Å². The fourth-order valence-electron chi connectivity index (χ4n) is 3.37. The fourth-order valence-corrected chi connectivity index (χ4v) is 3.37. The van der Waals surface area contributed by atoms with Crippen molar-refractivity contribution < 1.29 is 4.74 Å². The van der Waals surface area contributed by atoms with Crippen molar-refractivity contribution in [3.63, 3.8) is 0 Å². The third-order valence-corrected chi connectivity index (χ3v) is 4.73. The number of para-hydroxylation sites is 1. The minimum Gasteiger partial charge on any atom is -0.497 e. The fraction of sp³-hybridized carbons (Fsp3) is 0.300. The lowest BCUT2D eigenvalue weighted by atomic mass is 10.2. The summed E-state index contributed by atoms with van der Waals surface area (Å²) in [5, 5.41) is 3.98. The molecular formula is C20H22N4O2. The van der Waals surface area contributed by atoms with Gasteiger partial charge < -0.3 is 10.1 Å². The van der Waals surface area contributed by atoms with Gasteiger partial charge in [-0.2, -0.15) is 0 Å². The molecule has 1 aromatic heterocycles. The van der Waals surface area contributed by atoms with Gasteiger partial charge in [0, 0.05) is 32.2 Å². The number of fused-ring (bicyclic) bond motifs is 1. The first-order valence-corrected chi connectivity index (χ1v) is 8.84. The maximum Gasteiger partial charge on any atom is 0.266 e. The number of benzene rings is 2. The van der Waals surface area contributed by atoms with Crippen LogP contribution in [0.1, 0.15) is 5.82 Å². The Morgan fingerprint density at radius 2 is 1.92 bits per heavy atom. The van der Waals surface area contributed by atoms with Gasteiger partial charge >= 0.3 is 0 Å². The van der Waals surface area contributed by atoms with Gasteiger partial charge in [-0.1, -0.05) is 18.2 Å². The van der Waals surface area contributed by atoms with Crippen molar-refractivity contribution >= 4 is 10.9 Å². The summed E-state index contributed by atoms with van der Waals surface area (Å²) in [5.41, 5.74) is 1.47. The van der Waals surface area contributed by atoms with Crippen LogP contribution in [0, 0.1) is 0 Å². The zero-order valence-electron chi connectivity index (χ0n) is 14.8. The molecule has 0 atom stereocenters. The molecule has 0 spiro atoms. The molecule has 3 aromatic rings. The lowest BCUT2D eigenvalue weighted by Crippen LogP contribution is -2.44. The van der Waals surface area contributed by atoms with E-state index in [0.717, 1.165) is 49.0 Å². The second-order valence-electron chi connectivity index (χ2n) is 6.41. The van der Waals surface area contributed by atoms with E-state index in [1.807, 2.05) is 48.5 Å². The highest BCUT2D eigenvalue weighted by molar-refractivity contribution is 5.77. The van der Waals surface area contributed by atoms with Crippen molar-refractivity contribution in [3.05, 3.63) is 64.7 Å². The summed E-state index contributed by atoms with van der Waals surface area (Å²) in [7, 11) is 1.63. The van der Waals surface area contributed by atoms with Crippen molar-refractivity contribution in [2.24, 2.45) is 0 Å². The van der Waals surface area contributed by atoms with Gasteiger partial charge in [0.2, 0.25) is 0 Å². The van der Waals surface area contributed by atoms with Crippen LogP contribution in [0.3, 0.4) is 0 Å². The van der Waals surface area contributed by atoms with Crippen molar-refractivity contribution in [2.45, 2.75) is 6.54 Å². The van der Waals surface area contributed by atoms with E-state index in [1.54, 1.807) is 11.7 Å². The molecule has 4 rings (SSSR count). The first-order valence-electron chi connectivity index (χ1n) is 8.84. The Kier molecular flexibility index (Phi) is 4.69. The predicted molar refractivity (Wildman–Crippen MR) is 102 cm³/mol. The van der Waals surface area contributed by atoms with Crippen LogP contribution in [-0.2, 0) is 6.54 Å². The summed E-state index contributed by atoms with van der Waals surface area (Å²) in [6.45, 7) is 4.44. The first kappa shape index (κ1) is 16.8. The summed E-state index contributed by atoms with van der Waals surface area (Å²) in [4.78, 5) is 20.4. The molecule has 2 aromatic carbocycles. The molecule has 2 heterocycles. The molecule has 1 fully saturated rings. The number of nitrogens with one attached hydrogen (secondary N) is 1. The number of hydrogen-bond acceptors (Lipinski definition) is 5. The SMILES string of the molecule is COc1cccc(-n2c(CN3CCNCC3)nc3ccccc3c2=O)c1. The molecule has 134 valence electrons. The number of aromatic nitrogens is 2. The molecule has 0 radical (unpaired) electrons.